The van der Waals surface area contributed by atoms with Gasteiger partial charge in [0.1, 0.15) is 6.07 Å². The van der Waals surface area contributed by atoms with Crippen molar-refractivity contribution in [1.82, 2.24) is 4.90 Å². The zero-order valence-electron chi connectivity index (χ0n) is 13.2. The first-order valence-corrected chi connectivity index (χ1v) is 7.96. The summed E-state index contributed by atoms with van der Waals surface area (Å²) in [6.45, 7) is 4.82. The number of benzene rings is 1. The lowest BCUT2D eigenvalue weighted by Crippen LogP contribution is -2.57. The fourth-order valence-electron chi connectivity index (χ4n) is 2.27. The molecule has 1 heterocycles. The van der Waals surface area contributed by atoms with Gasteiger partial charge in [-0.05, 0) is 37.6 Å². The summed E-state index contributed by atoms with van der Waals surface area (Å²) in [4.78, 5) is 14.0. The van der Waals surface area contributed by atoms with Gasteiger partial charge in [0, 0.05) is 18.2 Å². The lowest BCUT2D eigenvalue weighted by Gasteiger charge is -2.40. The second-order valence-corrected chi connectivity index (χ2v) is 5.45. The number of unbranched alkanes of at least 4 members (excludes halogenated alkanes) is 1. The van der Waals surface area contributed by atoms with Crippen molar-refractivity contribution < 1.29 is 9.53 Å². The van der Waals surface area contributed by atoms with Crippen LogP contribution in [0.25, 0.3) is 0 Å². The van der Waals surface area contributed by atoms with Gasteiger partial charge in [-0.2, -0.15) is 10.4 Å². The van der Waals surface area contributed by atoms with Crippen LogP contribution in [-0.2, 0) is 9.53 Å². The number of anilines is 1. The number of rotatable bonds is 6. The van der Waals surface area contributed by atoms with Crippen molar-refractivity contribution >= 4 is 28.9 Å². The molecule has 23 heavy (non-hydrogen) atoms. The topological polar surface area (TPSA) is 68.9 Å². The molecular weight excluding hydrogens is 316 g/mol. The van der Waals surface area contributed by atoms with E-state index in [0.29, 0.717) is 23.9 Å². The molecule has 7 heteroatoms. The van der Waals surface area contributed by atoms with Gasteiger partial charge in [-0.15, -0.1) is 0 Å². The van der Waals surface area contributed by atoms with Crippen LogP contribution >= 0.6 is 11.6 Å². The number of halogens is 1. The summed E-state index contributed by atoms with van der Waals surface area (Å²) in [5, 5.41) is 15.5. The third-order valence-electron chi connectivity index (χ3n) is 3.41. The maximum Gasteiger partial charge on any atom is 0.288 e. The number of hydrogen-bond donors (Lipinski definition) is 0. The number of amides is 1. The maximum atomic E-state index is 12.4. The van der Waals surface area contributed by atoms with Crippen LogP contribution in [0.15, 0.2) is 29.4 Å². The normalized spacial score (nSPS) is 17.9. The Balaban J connectivity index is 2.43. The standard InChI is InChI=1S/C16H19ClN4O2/c1-3-5-10-20-15(22)14(11-18)19-21(16(20)23-4-2)13-8-6-12(17)7-9-13/h6-9,16H,3-5,10H2,1-2H3/t16-/m0/s1. The Morgan fingerprint density at radius 1 is 1.35 bits per heavy atom. The molecule has 0 spiro atoms. The molecule has 0 saturated carbocycles. The highest BCUT2D eigenvalue weighted by molar-refractivity contribution is 6.45. The minimum Gasteiger partial charge on any atom is -0.339 e. The number of carbonyl (C=O) groups excluding carboxylic acids is 1. The summed E-state index contributed by atoms with van der Waals surface area (Å²) in [5.41, 5.74) is 0.557. The molecule has 1 aromatic carbocycles. The molecule has 122 valence electrons. The molecule has 0 fully saturated rings. The van der Waals surface area contributed by atoms with E-state index in [1.165, 1.54) is 0 Å². The summed E-state index contributed by atoms with van der Waals surface area (Å²) in [6, 6.07) is 8.89. The number of ether oxygens (including phenoxy) is 1. The maximum absolute atomic E-state index is 12.4. The Bertz CT molecular complexity index is 624. The van der Waals surface area contributed by atoms with E-state index in [2.05, 4.69) is 5.10 Å². The minimum absolute atomic E-state index is 0.146. The average molecular weight is 335 g/mol. The Morgan fingerprint density at radius 3 is 2.61 bits per heavy atom. The van der Waals surface area contributed by atoms with Gasteiger partial charge in [0.05, 0.1) is 5.69 Å². The number of nitrogens with zero attached hydrogens (tertiary/aromatic N) is 4. The summed E-state index contributed by atoms with van der Waals surface area (Å²) >= 11 is 5.92. The molecule has 1 aromatic rings. The molecule has 1 aliphatic heterocycles. The van der Waals surface area contributed by atoms with Crippen LogP contribution in [0.2, 0.25) is 5.02 Å². The van der Waals surface area contributed by atoms with E-state index in [-0.39, 0.29) is 5.71 Å². The van der Waals surface area contributed by atoms with E-state index in [0.717, 1.165) is 12.8 Å². The van der Waals surface area contributed by atoms with Crippen molar-refractivity contribution in [2.24, 2.45) is 5.10 Å². The van der Waals surface area contributed by atoms with Crippen molar-refractivity contribution in [3.63, 3.8) is 0 Å². The molecule has 0 aliphatic carbocycles. The van der Waals surface area contributed by atoms with E-state index in [1.807, 2.05) is 19.9 Å². The van der Waals surface area contributed by atoms with Gasteiger partial charge >= 0.3 is 0 Å². The SMILES string of the molecule is CCCCN1C(=O)C(C#N)=NN(c2ccc(Cl)cc2)[C@H]1OCC. The number of hydrazone groups is 1. The number of hydrogen-bond acceptors (Lipinski definition) is 5. The van der Waals surface area contributed by atoms with Crippen LogP contribution in [0.1, 0.15) is 26.7 Å². The second-order valence-electron chi connectivity index (χ2n) is 5.02. The largest absolute Gasteiger partial charge is 0.339 e. The Labute approximate surface area is 140 Å². The van der Waals surface area contributed by atoms with E-state index < -0.39 is 12.3 Å². The van der Waals surface area contributed by atoms with Crippen molar-refractivity contribution in [3.8, 4) is 6.07 Å². The van der Waals surface area contributed by atoms with Gasteiger partial charge < -0.3 is 4.74 Å². The van der Waals surface area contributed by atoms with Crippen LogP contribution in [0.3, 0.4) is 0 Å². The lowest BCUT2D eigenvalue weighted by atomic mass is 10.2. The molecule has 0 N–H and O–H groups in total. The Hall–Kier alpha value is -2.10. The summed E-state index contributed by atoms with van der Waals surface area (Å²) in [6.07, 6.45) is 1.09. The first-order chi connectivity index (χ1) is 11.1. The zero-order valence-corrected chi connectivity index (χ0v) is 14.0. The highest BCUT2D eigenvalue weighted by Crippen LogP contribution is 2.26. The fraction of sp³-hybridized carbons (Fsp3) is 0.438. The van der Waals surface area contributed by atoms with Crippen molar-refractivity contribution in [2.45, 2.75) is 33.0 Å². The lowest BCUT2D eigenvalue weighted by molar-refractivity contribution is -0.140. The van der Waals surface area contributed by atoms with Gasteiger partial charge in [0.25, 0.3) is 5.91 Å². The van der Waals surface area contributed by atoms with E-state index in [1.54, 1.807) is 34.2 Å². The monoisotopic (exact) mass is 334 g/mol. The van der Waals surface area contributed by atoms with Crippen LogP contribution in [0.5, 0.6) is 0 Å². The first kappa shape index (κ1) is 17.3. The van der Waals surface area contributed by atoms with Crippen molar-refractivity contribution in [1.29, 1.82) is 5.26 Å². The fourth-order valence-corrected chi connectivity index (χ4v) is 2.39. The molecular formula is C16H19ClN4O2. The minimum atomic E-state index is -0.669. The molecule has 0 unspecified atom stereocenters. The zero-order chi connectivity index (χ0) is 16.8. The summed E-state index contributed by atoms with van der Waals surface area (Å²) in [7, 11) is 0. The van der Waals surface area contributed by atoms with Crippen LogP contribution in [0.4, 0.5) is 5.69 Å². The van der Waals surface area contributed by atoms with Crippen LogP contribution < -0.4 is 5.01 Å². The predicted octanol–water partition coefficient (Wildman–Crippen LogP) is 2.99. The third-order valence-corrected chi connectivity index (χ3v) is 3.66. The number of nitriles is 1. The molecule has 6 nitrogen and oxygen atoms in total. The average Bonchev–Trinajstić information content (AvgIpc) is 2.56. The molecule has 1 aliphatic rings. The van der Waals surface area contributed by atoms with Gasteiger partial charge in [0.2, 0.25) is 12.1 Å². The van der Waals surface area contributed by atoms with Crippen molar-refractivity contribution in [2.75, 3.05) is 18.2 Å². The first-order valence-electron chi connectivity index (χ1n) is 7.58. The van der Waals surface area contributed by atoms with E-state index >= 15 is 0 Å². The highest BCUT2D eigenvalue weighted by Gasteiger charge is 2.37. The second kappa shape index (κ2) is 7.95. The van der Waals surface area contributed by atoms with Gasteiger partial charge in [-0.1, -0.05) is 24.9 Å². The number of carbonyl (C=O) groups is 1. The Morgan fingerprint density at radius 2 is 2.04 bits per heavy atom. The molecule has 0 radical (unpaired) electrons. The van der Waals surface area contributed by atoms with Gasteiger partial charge in [0.15, 0.2) is 0 Å². The van der Waals surface area contributed by atoms with Crippen LogP contribution in [0, 0.1) is 11.3 Å². The Kier molecular flexibility index (Phi) is 5.97. The molecule has 0 saturated heterocycles. The molecule has 1 atom stereocenters. The molecule has 0 aromatic heterocycles. The van der Waals surface area contributed by atoms with Crippen LogP contribution in [-0.4, -0.2) is 36.0 Å². The van der Waals surface area contributed by atoms with Gasteiger partial charge in [-0.25, -0.2) is 5.01 Å². The third kappa shape index (κ3) is 3.81. The summed E-state index contributed by atoms with van der Waals surface area (Å²) < 4.78 is 5.73. The molecule has 0 bridgehead atoms. The molecule has 1 amide bonds. The quantitative estimate of drug-likeness (QED) is 0.802. The highest BCUT2D eigenvalue weighted by atomic mass is 35.5. The molecule has 2 rings (SSSR count). The van der Waals surface area contributed by atoms with Crippen molar-refractivity contribution in [3.05, 3.63) is 29.3 Å². The summed E-state index contributed by atoms with van der Waals surface area (Å²) in [5.74, 6) is -0.399. The smallest absolute Gasteiger partial charge is 0.288 e. The van der Waals surface area contributed by atoms with Gasteiger partial charge in [-0.3, -0.25) is 9.69 Å². The van der Waals surface area contributed by atoms with E-state index in [4.69, 9.17) is 16.3 Å². The predicted molar refractivity (Wildman–Crippen MR) is 89.0 cm³/mol. The van der Waals surface area contributed by atoms with E-state index in [9.17, 15) is 10.1 Å².